The van der Waals surface area contributed by atoms with E-state index < -0.39 is 10.0 Å². The third kappa shape index (κ3) is 3.64. The Labute approximate surface area is 107 Å². The Balaban J connectivity index is 2.87. The lowest BCUT2D eigenvalue weighted by Gasteiger charge is -2.20. The molecule has 8 heteroatoms. The molecule has 0 saturated heterocycles. The molecular weight excluding hydrogens is 254 g/mol. The van der Waals surface area contributed by atoms with Gasteiger partial charge in [-0.15, -0.1) is 0 Å². The molecule has 0 fully saturated rings. The zero-order valence-electron chi connectivity index (χ0n) is 10.7. The summed E-state index contributed by atoms with van der Waals surface area (Å²) >= 11 is 0. The van der Waals surface area contributed by atoms with E-state index in [-0.39, 0.29) is 10.9 Å². The van der Waals surface area contributed by atoms with Crippen molar-refractivity contribution >= 4 is 15.7 Å². The molecule has 1 atom stereocenters. The minimum Gasteiger partial charge on any atom is -0.323 e. The standard InChI is InChI=1S/C10H19N5O2S/c1-8(15(2)3)6-13-18(16,17)10-7-12-5-4-9(10)14-11/h4-5,7-8,13H,6,11H2,1-3H3,(H,12,14). The van der Waals surface area contributed by atoms with Gasteiger partial charge in [0.15, 0.2) is 0 Å². The van der Waals surface area contributed by atoms with Crippen LogP contribution in [-0.4, -0.2) is 45.0 Å². The van der Waals surface area contributed by atoms with Crippen molar-refractivity contribution in [2.75, 3.05) is 26.1 Å². The van der Waals surface area contributed by atoms with Crippen LogP contribution >= 0.6 is 0 Å². The van der Waals surface area contributed by atoms with E-state index in [1.807, 2.05) is 25.9 Å². The minimum absolute atomic E-state index is 0.0402. The number of nitrogen functional groups attached to an aromatic ring is 1. The van der Waals surface area contributed by atoms with E-state index in [9.17, 15) is 8.42 Å². The third-order valence-electron chi connectivity index (χ3n) is 2.68. The smallest absolute Gasteiger partial charge is 0.244 e. The van der Waals surface area contributed by atoms with Crippen LogP contribution in [0.25, 0.3) is 0 Å². The molecule has 1 rings (SSSR count). The minimum atomic E-state index is -3.61. The largest absolute Gasteiger partial charge is 0.323 e. The highest BCUT2D eigenvalue weighted by molar-refractivity contribution is 7.89. The van der Waals surface area contributed by atoms with Crippen LogP contribution in [-0.2, 0) is 10.0 Å². The first-order valence-electron chi connectivity index (χ1n) is 5.45. The normalized spacial score (nSPS) is 13.6. The second kappa shape index (κ2) is 6.10. The first-order valence-corrected chi connectivity index (χ1v) is 6.93. The lowest BCUT2D eigenvalue weighted by molar-refractivity contribution is 0.314. The number of nitrogens with one attached hydrogen (secondary N) is 2. The van der Waals surface area contributed by atoms with Crippen LogP contribution in [0.3, 0.4) is 0 Å². The van der Waals surface area contributed by atoms with Crippen molar-refractivity contribution < 1.29 is 8.42 Å². The molecule has 0 aromatic carbocycles. The maximum atomic E-state index is 12.1. The number of likely N-dealkylation sites (N-methyl/N-ethyl adjacent to an activating group) is 1. The fraction of sp³-hybridized carbons (Fsp3) is 0.500. The summed E-state index contributed by atoms with van der Waals surface area (Å²) in [7, 11) is 0.156. The highest BCUT2D eigenvalue weighted by Crippen LogP contribution is 2.17. The van der Waals surface area contributed by atoms with Crippen LogP contribution in [0.4, 0.5) is 5.69 Å². The molecule has 0 spiro atoms. The quantitative estimate of drug-likeness (QED) is 0.481. The molecule has 1 aromatic rings. The molecule has 0 radical (unpaired) electrons. The van der Waals surface area contributed by atoms with Gasteiger partial charge < -0.3 is 10.3 Å². The van der Waals surface area contributed by atoms with Crippen molar-refractivity contribution in [1.82, 2.24) is 14.6 Å². The number of sulfonamides is 1. The van der Waals surface area contributed by atoms with Crippen LogP contribution in [0.1, 0.15) is 6.92 Å². The maximum absolute atomic E-state index is 12.1. The molecule has 0 amide bonds. The van der Waals surface area contributed by atoms with Gasteiger partial charge in [-0.05, 0) is 27.1 Å². The molecule has 0 aliphatic heterocycles. The summed E-state index contributed by atoms with van der Waals surface area (Å²) in [6.07, 6.45) is 2.73. The van der Waals surface area contributed by atoms with Gasteiger partial charge in [-0.25, -0.2) is 13.1 Å². The van der Waals surface area contributed by atoms with E-state index in [1.54, 1.807) is 0 Å². The molecule has 0 aliphatic carbocycles. The van der Waals surface area contributed by atoms with E-state index in [2.05, 4.69) is 15.1 Å². The topological polar surface area (TPSA) is 100 Å². The van der Waals surface area contributed by atoms with Gasteiger partial charge in [-0.2, -0.15) is 0 Å². The monoisotopic (exact) mass is 273 g/mol. The number of nitrogens with zero attached hydrogens (tertiary/aromatic N) is 2. The molecule has 0 saturated carbocycles. The van der Waals surface area contributed by atoms with Crippen LogP contribution in [0.15, 0.2) is 23.4 Å². The van der Waals surface area contributed by atoms with Gasteiger partial charge >= 0.3 is 0 Å². The summed E-state index contributed by atoms with van der Waals surface area (Å²) in [5.41, 5.74) is 2.66. The third-order valence-corrected chi connectivity index (χ3v) is 4.13. The van der Waals surface area contributed by atoms with Crippen molar-refractivity contribution in [3.8, 4) is 0 Å². The van der Waals surface area contributed by atoms with Gasteiger partial charge in [0.05, 0.1) is 5.69 Å². The van der Waals surface area contributed by atoms with Crippen LogP contribution in [0, 0.1) is 0 Å². The number of rotatable bonds is 6. The molecule has 0 aliphatic rings. The number of hydrogen-bond acceptors (Lipinski definition) is 6. The number of hydrazine groups is 1. The number of hydrogen-bond donors (Lipinski definition) is 3. The van der Waals surface area contributed by atoms with E-state index in [4.69, 9.17) is 5.84 Å². The summed E-state index contributed by atoms with van der Waals surface area (Å²) in [5, 5.41) is 0. The van der Waals surface area contributed by atoms with Crippen molar-refractivity contribution in [3.63, 3.8) is 0 Å². The van der Waals surface area contributed by atoms with E-state index >= 15 is 0 Å². The predicted molar refractivity (Wildman–Crippen MR) is 70.4 cm³/mol. The summed E-state index contributed by atoms with van der Waals surface area (Å²) < 4.78 is 26.7. The SMILES string of the molecule is CC(CNS(=O)(=O)c1cnccc1NN)N(C)C. The van der Waals surface area contributed by atoms with Crippen molar-refractivity contribution in [1.29, 1.82) is 0 Å². The van der Waals surface area contributed by atoms with Gasteiger partial charge in [0.25, 0.3) is 0 Å². The second-order valence-corrected chi connectivity index (χ2v) is 5.92. The molecule has 1 unspecified atom stereocenters. The fourth-order valence-corrected chi connectivity index (χ4v) is 2.44. The number of nitrogens with two attached hydrogens (primary N) is 1. The highest BCUT2D eigenvalue weighted by atomic mass is 32.2. The molecule has 7 nitrogen and oxygen atoms in total. The van der Waals surface area contributed by atoms with Crippen LogP contribution in [0.2, 0.25) is 0 Å². The number of pyridine rings is 1. The fourth-order valence-electron chi connectivity index (χ4n) is 1.20. The van der Waals surface area contributed by atoms with E-state index in [1.165, 1.54) is 18.5 Å². The van der Waals surface area contributed by atoms with Gasteiger partial charge in [-0.1, -0.05) is 0 Å². The van der Waals surface area contributed by atoms with E-state index in [0.29, 0.717) is 12.2 Å². The molecule has 1 aromatic heterocycles. The lowest BCUT2D eigenvalue weighted by Crippen LogP contribution is -2.38. The summed E-state index contributed by atoms with van der Waals surface area (Å²) in [4.78, 5) is 5.76. The Kier molecular flexibility index (Phi) is 5.03. The molecule has 0 bridgehead atoms. The summed E-state index contributed by atoms with van der Waals surface area (Å²) in [5.74, 6) is 5.27. The molecular formula is C10H19N5O2S. The molecule has 4 N–H and O–H groups in total. The zero-order valence-corrected chi connectivity index (χ0v) is 11.5. The van der Waals surface area contributed by atoms with Crippen LogP contribution < -0.4 is 16.0 Å². The highest BCUT2D eigenvalue weighted by Gasteiger charge is 2.19. The lowest BCUT2D eigenvalue weighted by atomic mass is 10.3. The first-order chi connectivity index (χ1) is 8.38. The van der Waals surface area contributed by atoms with Crippen molar-refractivity contribution in [3.05, 3.63) is 18.5 Å². The van der Waals surface area contributed by atoms with Gasteiger partial charge in [0, 0.05) is 25.0 Å². The second-order valence-electron chi connectivity index (χ2n) is 4.18. The molecule has 18 heavy (non-hydrogen) atoms. The number of anilines is 1. The van der Waals surface area contributed by atoms with Crippen LogP contribution in [0.5, 0.6) is 0 Å². The van der Waals surface area contributed by atoms with E-state index in [0.717, 1.165) is 0 Å². The van der Waals surface area contributed by atoms with Crippen molar-refractivity contribution in [2.24, 2.45) is 5.84 Å². The Bertz CT molecular complexity index is 489. The van der Waals surface area contributed by atoms with Gasteiger partial charge in [0.2, 0.25) is 10.0 Å². The average molecular weight is 273 g/mol. The summed E-state index contributed by atoms with van der Waals surface area (Å²) in [6.45, 7) is 2.24. The Morgan fingerprint density at radius 2 is 2.17 bits per heavy atom. The van der Waals surface area contributed by atoms with Crippen molar-refractivity contribution in [2.45, 2.75) is 17.9 Å². The average Bonchev–Trinajstić information content (AvgIpc) is 2.35. The van der Waals surface area contributed by atoms with Gasteiger partial charge in [-0.3, -0.25) is 10.8 Å². The first kappa shape index (κ1) is 14.8. The maximum Gasteiger partial charge on any atom is 0.244 e. The Morgan fingerprint density at radius 3 is 2.72 bits per heavy atom. The predicted octanol–water partition coefficient (Wildman–Crippen LogP) is -0.404. The van der Waals surface area contributed by atoms with Gasteiger partial charge in [0.1, 0.15) is 4.90 Å². The summed E-state index contributed by atoms with van der Waals surface area (Å²) in [6, 6.07) is 1.59. The zero-order chi connectivity index (χ0) is 13.8. The number of aromatic nitrogens is 1. The molecule has 1 heterocycles. The Morgan fingerprint density at radius 1 is 1.50 bits per heavy atom. The molecule has 102 valence electrons. The Hall–Kier alpha value is -1.22.